The third-order valence-electron chi connectivity index (χ3n) is 2.25. The van der Waals surface area contributed by atoms with Crippen molar-refractivity contribution in [3.05, 3.63) is 0 Å². The van der Waals surface area contributed by atoms with Crippen LogP contribution in [0.25, 0.3) is 0 Å². The Labute approximate surface area is 113 Å². The van der Waals surface area contributed by atoms with Gasteiger partial charge in [0.15, 0.2) is 0 Å². The fourth-order valence-corrected chi connectivity index (χ4v) is 2.31. The first-order chi connectivity index (χ1) is 8.38. The van der Waals surface area contributed by atoms with Gasteiger partial charge in [0.05, 0.1) is 6.54 Å². The van der Waals surface area contributed by atoms with E-state index in [-0.39, 0.29) is 5.54 Å². The van der Waals surface area contributed by atoms with Crippen LogP contribution < -0.4 is 5.32 Å². The van der Waals surface area contributed by atoms with Crippen molar-refractivity contribution in [2.75, 3.05) is 32.9 Å². The Hall–Kier alpha value is -0.660. The van der Waals surface area contributed by atoms with Crippen molar-refractivity contribution < 1.29 is 0 Å². The molecular weight excluding hydrogens is 248 g/mol. The second-order valence-electron chi connectivity index (χ2n) is 5.51. The fraction of sp³-hybridized carbons (Fsp3) is 0.909. The maximum absolute atomic E-state index is 4.05. The van der Waals surface area contributed by atoms with Gasteiger partial charge in [0.2, 0.25) is 5.16 Å². The molecule has 6 nitrogen and oxygen atoms in total. The molecule has 0 unspecified atom stereocenters. The summed E-state index contributed by atoms with van der Waals surface area (Å²) in [6.07, 6.45) is 0. The highest BCUT2D eigenvalue weighted by atomic mass is 32.2. The van der Waals surface area contributed by atoms with Gasteiger partial charge in [-0.3, -0.25) is 0 Å². The highest BCUT2D eigenvalue weighted by Crippen LogP contribution is 2.12. The molecule has 0 aliphatic rings. The minimum atomic E-state index is 0.131. The maximum atomic E-state index is 4.05. The van der Waals surface area contributed by atoms with Gasteiger partial charge in [0.25, 0.3) is 0 Å². The largest absolute Gasteiger partial charge is 0.310 e. The van der Waals surface area contributed by atoms with Crippen molar-refractivity contribution >= 4 is 11.8 Å². The molecular formula is C11H24N6S. The predicted octanol–water partition coefficient (Wildman–Crippen LogP) is 0.715. The number of nitrogens with one attached hydrogen (secondary N) is 1. The molecule has 7 heteroatoms. The normalized spacial score (nSPS) is 12.3. The van der Waals surface area contributed by atoms with E-state index in [1.165, 1.54) is 0 Å². The highest BCUT2D eigenvalue weighted by Gasteiger charge is 2.10. The van der Waals surface area contributed by atoms with Crippen molar-refractivity contribution in [1.82, 2.24) is 30.4 Å². The zero-order valence-corrected chi connectivity index (χ0v) is 12.8. The molecule has 0 amide bonds. The highest BCUT2D eigenvalue weighted by molar-refractivity contribution is 7.99. The van der Waals surface area contributed by atoms with Gasteiger partial charge in [0.1, 0.15) is 0 Å². The van der Waals surface area contributed by atoms with Gasteiger partial charge in [0, 0.05) is 24.4 Å². The first-order valence-electron chi connectivity index (χ1n) is 6.17. The summed E-state index contributed by atoms with van der Waals surface area (Å²) in [7, 11) is 4.13. The lowest BCUT2D eigenvalue weighted by molar-refractivity contribution is 0.396. The van der Waals surface area contributed by atoms with Crippen LogP contribution in [0.15, 0.2) is 5.16 Å². The van der Waals surface area contributed by atoms with E-state index in [9.17, 15) is 0 Å². The first-order valence-corrected chi connectivity index (χ1v) is 7.16. The molecule has 0 saturated carbocycles. The van der Waals surface area contributed by atoms with E-state index < -0.39 is 0 Å². The summed E-state index contributed by atoms with van der Waals surface area (Å²) in [4.78, 5) is 2.16. The van der Waals surface area contributed by atoms with E-state index in [1.807, 2.05) is 4.68 Å². The van der Waals surface area contributed by atoms with Crippen LogP contribution >= 0.6 is 11.8 Å². The quantitative estimate of drug-likeness (QED) is 0.738. The second kappa shape index (κ2) is 7.06. The van der Waals surface area contributed by atoms with Crippen LogP contribution in [0.3, 0.4) is 0 Å². The van der Waals surface area contributed by atoms with Gasteiger partial charge >= 0.3 is 0 Å². The van der Waals surface area contributed by atoms with E-state index >= 15 is 0 Å². The molecule has 1 N–H and O–H groups in total. The summed E-state index contributed by atoms with van der Waals surface area (Å²) < 4.78 is 1.86. The van der Waals surface area contributed by atoms with E-state index in [1.54, 1.807) is 11.8 Å². The molecule has 0 aliphatic carbocycles. The predicted molar refractivity (Wildman–Crippen MR) is 74.9 cm³/mol. The minimum Gasteiger partial charge on any atom is -0.310 e. The van der Waals surface area contributed by atoms with Gasteiger partial charge < -0.3 is 10.2 Å². The Morgan fingerprint density at radius 3 is 2.67 bits per heavy atom. The second-order valence-corrected chi connectivity index (χ2v) is 6.58. The van der Waals surface area contributed by atoms with Gasteiger partial charge in [-0.2, -0.15) is 0 Å². The lowest BCUT2D eigenvalue weighted by Crippen LogP contribution is -2.38. The lowest BCUT2D eigenvalue weighted by atomic mass is 10.1. The van der Waals surface area contributed by atoms with Gasteiger partial charge in [-0.1, -0.05) is 11.8 Å². The average molecular weight is 272 g/mol. The molecule has 0 aliphatic heterocycles. The zero-order chi connectivity index (χ0) is 13.6. The summed E-state index contributed by atoms with van der Waals surface area (Å²) in [6, 6.07) is 0. The van der Waals surface area contributed by atoms with Crippen LogP contribution in [0.1, 0.15) is 20.8 Å². The number of rotatable bonds is 7. The smallest absolute Gasteiger partial charge is 0.209 e. The van der Waals surface area contributed by atoms with Crippen molar-refractivity contribution in [1.29, 1.82) is 0 Å². The Morgan fingerprint density at radius 2 is 2.06 bits per heavy atom. The minimum absolute atomic E-state index is 0.131. The van der Waals surface area contributed by atoms with Gasteiger partial charge in [-0.25, -0.2) is 4.68 Å². The third-order valence-corrected chi connectivity index (χ3v) is 3.18. The van der Waals surface area contributed by atoms with Gasteiger partial charge in [-0.05, 0) is 45.3 Å². The topological polar surface area (TPSA) is 58.9 Å². The third kappa shape index (κ3) is 6.32. The number of hydrogen-bond acceptors (Lipinski definition) is 6. The molecule has 0 aromatic carbocycles. The average Bonchev–Trinajstić information content (AvgIpc) is 2.63. The molecule has 1 heterocycles. The molecule has 0 saturated heterocycles. The molecule has 104 valence electrons. The molecule has 0 spiro atoms. The van der Waals surface area contributed by atoms with Crippen LogP contribution in [0.4, 0.5) is 0 Å². The van der Waals surface area contributed by atoms with Gasteiger partial charge in [-0.15, -0.1) is 5.10 Å². The standard InChI is InChI=1S/C11H24N6S/c1-11(2,3)12-6-7-17-10(13-14-15-17)18-9-8-16(4)5/h12H,6-9H2,1-5H3. The Morgan fingerprint density at radius 1 is 1.33 bits per heavy atom. The number of thioether (sulfide) groups is 1. The van der Waals surface area contributed by atoms with Crippen molar-refractivity contribution in [3.63, 3.8) is 0 Å². The van der Waals surface area contributed by atoms with Crippen LogP contribution in [0, 0.1) is 0 Å². The number of tetrazole rings is 1. The SMILES string of the molecule is CN(C)CCSc1nnnn1CCNC(C)(C)C. The van der Waals surface area contributed by atoms with Crippen molar-refractivity contribution in [3.8, 4) is 0 Å². The maximum Gasteiger partial charge on any atom is 0.209 e. The monoisotopic (exact) mass is 272 g/mol. The van der Waals surface area contributed by atoms with E-state index in [0.717, 1.165) is 30.5 Å². The Balaban J connectivity index is 2.35. The first kappa shape index (κ1) is 15.4. The number of nitrogens with zero attached hydrogens (tertiary/aromatic N) is 5. The molecule has 0 fully saturated rings. The van der Waals surface area contributed by atoms with Crippen LogP contribution in [-0.2, 0) is 6.54 Å². The molecule has 1 aromatic heterocycles. The summed E-state index contributed by atoms with van der Waals surface area (Å²) in [5, 5.41) is 16.1. The Bertz CT molecular complexity index is 344. The van der Waals surface area contributed by atoms with Crippen LogP contribution in [0.2, 0.25) is 0 Å². The van der Waals surface area contributed by atoms with Crippen molar-refractivity contribution in [2.45, 2.75) is 38.0 Å². The zero-order valence-electron chi connectivity index (χ0n) is 12.0. The molecule has 0 radical (unpaired) electrons. The van der Waals surface area contributed by atoms with Crippen molar-refractivity contribution in [2.24, 2.45) is 0 Å². The Kier molecular flexibility index (Phi) is 6.04. The van der Waals surface area contributed by atoms with E-state index in [2.05, 4.69) is 60.6 Å². The molecule has 0 atom stereocenters. The van der Waals surface area contributed by atoms with Crippen LogP contribution in [-0.4, -0.2) is 63.6 Å². The van der Waals surface area contributed by atoms with E-state index in [4.69, 9.17) is 0 Å². The summed E-state index contributed by atoms with van der Waals surface area (Å²) >= 11 is 1.70. The summed E-state index contributed by atoms with van der Waals surface area (Å²) in [5.74, 6) is 1.00. The summed E-state index contributed by atoms with van der Waals surface area (Å²) in [6.45, 7) is 9.15. The fourth-order valence-electron chi connectivity index (χ4n) is 1.30. The molecule has 0 bridgehead atoms. The molecule has 1 rings (SSSR count). The number of hydrogen-bond donors (Lipinski definition) is 1. The molecule has 1 aromatic rings. The summed E-state index contributed by atoms with van der Waals surface area (Å²) in [5.41, 5.74) is 0.131. The number of aromatic nitrogens is 4. The van der Waals surface area contributed by atoms with Crippen LogP contribution in [0.5, 0.6) is 0 Å². The van der Waals surface area contributed by atoms with E-state index in [0.29, 0.717) is 0 Å². The lowest BCUT2D eigenvalue weighted by Gasteiger charge is -2.20. The molecule has 18 heavy (non-hydrogen) atoms.